The number of rotatable bonds is 2. The van der Waals surface area contributed by atoms with Crippen LogP contribution in [-0.4, -0.2) is 17.6 Å². The summed E-state index contributed by atoms with van der Waals surface area (Å²) in [6, 6.07) is 14.1. The highest BCUT2D eigenvalue weighted by Gasteiger charge is 2.21. The van der Waals surface area contributed by atoms with E-state index < -0.39 is 6.61 Å². The molecule has 90 valence electrons. The third kappa shape index (κ3) is 1.69. The Morgan fingerprint density at radius 3 is 2.72 bits per heavy atom. The normalized spacial score (nSPS) is 11.8. The molecule has 0 radical (unpaired) electrons. The van der Waals surface area contributed by atoms with E-state index in [0.717, 1.165) is 17.7 Å². The molecule has 0 unspecified atom stereocenters. The molecule has 0 aromatic heterocycles. The van der Waals surface area contributed by atoms with Crippen molar-refractivity contribution in [2.45, 2.75) is 6.42 Å². The van der Waals surface area contributed by atoms with Gasteiger partial charge in [-0.3, -0.25) is 4.79 Å². The van der Waals surface area contributed by atoms with Crippen molar-refractivity contribution >= 4 is 11.6 Å². The number of hydrogen-bond acceptors (Lipinski definition) is 2. The summed E-state index contributed by atoms with van der Waals surface area (Å²) >= 11 is 0. The third-order valence-electron chi connectivity index (χ3n) is 3.24. The lowest BCUT2D eigenvalue weighted by Gasteiger charge is -2.10. The molecule has 0 saturated heterocycles. The van der Waals surface area contributed by atoms with Crippen LogP contribution in [0.1, 0.15) is 11.1 Å². The SMILES string of the molecule is O=C(CO)Nc1cccc2c1-c1ccccc1C2. The Balaban J connectivity index is 2.11. The first kappa shape index (κ1) is 11.0. The Morgan fingerprint density at radius 2 is 1.89 bits per heavy atom. The van der Waals surface area contributed by atoms with Crippen molar-refractivity contribution in [2.24, 2.45) is 0 Å². The monoisotopic (exact) mass is 239 g/mol. The second-order valence-electron chi connectivity index (χ2n) is 4.38. The number of aliphatic hydroxyl groups excluding tert-OH is 1. The Morgan fingerprint density at radius 1 is 1.11 bits per heavy atom. The van der Waals surface area contributed by atoms with Crippen LogP contribution in [0.4, 0.5) is 5.69 Å². The number of nitrogens with one attached hydrogen (secondary N) is 1. The average Bonchev–Trinajstić information content (AvgIpc) is 2.78. The van der Waals surface area contributed by atoms with E-state index in [4.69, 9.17) is 5.11 Å². The van der Waals surface area contributed by atoms with Crippen LogP contribution in [-0.2, 0) is 11.2 Å². The number of hydrogen-bond donors (Lipinski definition) is 2. The minimum atomic E-state index is -0.495. The second-order valence-corrected chi connectivity index (χ2v) is 4.38. The molecular formula is C15H13NO2. The maximum atomic E-state index is 11.3. The van der Waals surface area contributed by atoms with Crippen molar-refractivity contribution in [2.75, 3.05) is 11.9 Å². The van der Waals surface area contributed by atoms with Crippen LogP contribution in [0.3, 0.4) is 0 Å². The van der Waals surface area contributed by atoms with Crippen LogP contribution in [0.25, 0.3) is 11.1 Å². The molecular weight excluding hydrogens is 226 g/mol. The van der Waals surface area contributed by atoms with Gasteiger partial charge in [0.2, 0.25) is 5.91 Å². The van der Waals surface area contributed by atoms with Gasteiger partial charge in [-0.1, -0.05) is 36.4 Å². The molecule has 0 fully saturated rings. The van der Waals surface area contributed by atoms with Gasteiger partial charge in [0.15, 0.2) is 0 Å². The molecule has 3 nitrogen and oxygen atoms in total. The van der Waals surface area contributed by atoms with Crippen LogP contribution >= 0.6 is 0 Å². The minimum absolute atomic E-state index is 0.382. The fourth-order valence-corrected chi connectivity index (χ4v) is 2.48. The Labute approximate surface area is 105 Å². The van der Waals surface area contributed by atoms with Crippen molar-refractivity contribution in [1.82, 2.24) is 0 Å². The van der Waals surface area contributed by atoms with Crippen LogP contribution < -0.4 is 5.32 Å². The lowest BCUT2D eigenvalue weighted by molar-refractivity contribution is -0.118. The molecule has 18 heavy (non-hydrogen) atoms. The van der Waals surface area contributed by atoms with Gasteiger partial charge in [0.1, 0.15) is 6.61 Å². The summed E-state index contributed by atoms with van der Waals surface area (Å²) in [6.45, 7) is -0.495. The zero-order chi connectivity index (χ0) is 12.5. The largest absolute Gasteiger partial charge is 0.387 e. The molecule has 0 heterocycles. The number of anilines is 1. The van der Waals surface area contributed by atoms with Crippen LogP contribution in [0.5, 0.6) is 0 Å². The van der Waals surface area contributed by atoms with Gasteiger partial charge in [-0.05, 0) is 29.2 Å². The summed E-state index contributed by atoms with van der Waals surface area (Å²) in [4.78, 5) is 11.3. The van der Waals surface area contributed by atoms with Gasteiger partial charge in [-0.2, -0.15) is 0 Å². The molecule has 0 saturated carbocycles. The zero-order valence-corrected chi connectivity index (χ0v) is 9.81. The van der Waals surface area contributed by atoms with E-state index in [1.807, 2.05) is 24.3 Å². The van der Waals surface area contributed by atoms with E-state index in [-0.39, 0.29) is 5.91 Å². The molecule has 3 heteroatoms. The first-order valence-electron chi connectivity index (χ1n) is 5.90. The molecule has 0 aliphatic heterocycles. The zero-order valence-electron chi connectivity index (χ0n) is 9.81. The maximum absolute atomic E-state index is 11.3. The van der Waals surface area contributed by atoms with Gasteiger partial charge in [0, 0.05) is 11.3 Å². The van der Waals surface area contributed by atoms with Crippen molar-refractivity contribution in [1.29, 1.82) is 0 Å². The molecule has 2 aromatic carbocycles. The molecule has 2 aromatic rings. The number of fused-ring (bicyclic) bond motifs is 3. The van der Waals surface area contributed by atoms with E-state index >= 15 is 0 Å². The summed E-state index contributed by atoms with van der Waals surface area (Å²) in [5.41, 5.74) is 5.51. The summed E-state index contributed by atoms with van der Waals surface area (Å²) in [7, 11) is 0. The lowest BCUT2D eigenvalue weighted by Crippen LogP contribution is -2.16. The van der Waals surface area contributed by atoms with Crippen molar-refractivity contribution in [3.8, 4) is 11.1 Å². The van der Waals surface area contributed by atoms with E-state index in [1.165, 1.54) is 16.7 Å². The summed E-state index contributed by atoms with van der Waals surface area (Å²) < 4.78 is 0. The van der Waals surface area contributed by atoms with Crippen molar-refractivity contribution in [3.05, 3.63) is 53.6 Å². The minimum Gasteiger partial charge on any atom is -0.387 e. The van der Waals surface area contributed by atoms with Gasteiger partial charge in [0.25, 0.3) is 0 Å². The Kier molecular flexibility index (Phi) is 2.61. The molecule has 1 amide bonds. The number of carbonyl (C=O) groups is 1. The first-order valence-corrected chi connectivity index (χ1v) is 5.90. The van der Waals surface area contributed by atoms with Gasteiger partial charge in [-0.15, -0.1) is 0 Å². The maximum Gasteiger partial charge on any atom is 0.250 e. The highest BCUT2D eigenvalue weighted by atomic mass is 16.3. The molecule has 0 spiro atoms. The van der Waals surface area contributed by atoms with Gasteiger partial charge in [-0.25, -0.2) is 0 Å². The predicted octanol–water partition coefficient (Wildman–Crippen LogP) is 2.19. The smallest absolute Gasteiger partial charge is 0.250 e. The van der Waals surface area contributed by atoms with Crippen molar-refractivity contribution < 1.29 is 9.90 Å². The highest BCUT2D eigenvalue weighted by Crippen LogP contribution is 2.41. The van der Waals surface area contributed by atoms with E-state index in [2.05, 4.69) is 23.5 Å². The second kappa shape index (κ2) is 4.27. The Bertz CT molecular complexity index is 620. The van der Waals surface area contributed by atoms with E-state index in [0.29, 0.717) is 0 Å². The first-order chi connectivity index (χ1) is 8.79. The molecule has 1 aliphatic rings. The molecule has 0 bridgehead atoms. The van der Waals surface area contributed by atoms with Gasteiger partial charge >= 0.3 is 0 Å². The average molecular weight is 239 g/mol. The molecule has 2 N–H and O–H groups in total. The predicted molar refractivity (Wildman–Crippen MR) is 70.4 cm³/mol. The standard InChI is InChI=1S/C15H13NO2/c17-9-14(18)16-13-7-3-5-11-8-10-4-1-2-6-12(10)15(11)13/h1-7,17H,8-9H2,(H,16,18). The van der Waals surface area contributed by atoms with E-state index in [9.17, 15) is 4.79 Å². The number of amides is 1. The lowest BCUT2D eigenvalue weighted by atomic mass is 10.0. The summed E-state index contributed by atoms with van der Waals surface area (Å²) in [6.07, 6.45) is 0.897. The van der Waals surface area contributed by atoms with Crippen molar-refractivity contribution in [3.63, 3.8) is 0 Å². The van der Waals surface area contributed by atoms with Gasteiger partial charge < -0.3 is 10.4 Å². The molecule has 1 aliphatic carbocycles. The topological polar surface area (TPSA) is 49.3 Å². The fraction of sp³-hybridized carbons (Fsp3) is 0.133. The van der Waals surface area contributed by atoms with E-state index in [1.54, 1.807) is 0 Å². The molecule has 3 rings (SSSR count). The quantitative estimate of drug-likeness (QED) is 0.720. The highest BCUT2D eigenvalue weighted by molar-refractivity contribution is 5.98. The molecule has 0 atom stereocenters. The summed E-state index contributed by atoms with van der Waals surface area (Å²) in [5, 5.41) is 11.6. The van der Waals surface area contributed by atoms with Crippen LogP contribution in [0.15, 0.2) is 42.5 Å². The number of carbonyl (C=O) groups excluding carboxylic acids is 1. The number of benzene rings is 2. The van der Waals surface area contributed by atoms with Crippen LogP contribution in [0, 0.1) is 0 Å². The third-order valence-corrected chi connectivity index (χ3v) is 3.24. The van der Waals surface area contributed by atoms with Gasteiger partial charge in [0.05, 0.1) is 0 Å². The summed E-state index contributed by atoms with van der Waals surface area (Å²) in [5.74, 6) is -0.382. The van der Waals surface area contributed by atoms with Crippen LogP contribution in [0.2, 0.25) is 0 Å². The Hall–Kier alpha value is -2.13. The fourth-order valence-electron chi connectivity index (χ4n) is 2.48. The number of aliphatic hydroxyl groups is 1.